The van der Waals surface area contributed by atoms with Crippen molar-refractivity contribution < 1.29 is 4.79 Å². The summed E-state index contributed by atoms with van der Waals surface area (Å²) < 4.78 is 0. The minimum absolute atomic E-state index is 0.108. The zero-order valence-electron chi connectivity index (χ0n) is 15.0. The van der Waals surface area contributed by atoms with E-state index in [0.29, 0.717) is 12.4 Å². The Hall–Kier alpha value is -2.27. The van der Waals surface area contributed by atoms with E-state index in [1.54, 1.807) is 6.20 Å². The number of hydrogen-bond donors (Lipinski definition) is 1. The highest BCUT2D eigenvalue weighted by atomic mass is 16.2. The molecule has 0 bridgehead atoms. The van der Waals surface area contributed by atoms with Gasteiger partial charge in [0.2, 0.25) is 5.91 Å². The summed E-state index contributed by atoms with van der Waals surface area (Å²) >= 11 is 0. The zero-order valence-corrected chi connectivity index (χ0v) is 15.0. The molecule has 1 aromatic carbocycles. The maximum absolute atomic E-state index is 12.7. The lowest BCUT2D eigenvalue weighted by Gasteiger charge is -2.38. The van der Waals surface area contributed by atoms with Gasteiger partial charge in [0.15, 0.2) is 0 Å². The van der Waals surface area contributed by atoms with Crippen LogP contribution in [0.15, 0.2) is 42.6 Å². The number of hydrogen-bond acceptors (Lipinski definition) is 4. The fourth-order valence-corrected chi connectivity index (χ4v) is 3.23. The van der Waals surface area contributed by atoms with Crippen molar-refractivity contribution >= 4 is 5.91 Å². The third kappa shape index (κ3) is 4.63. The smallest absolute Gasteiger partial charge is 0.226 e. The Kier molecular flexibility index (Phi) is 5.43. The summed E-state index contributed by atoms with van der Waals surface area (Å²) in [5, 5.41) is 3.02. The molecule has 0 aliphatic carbocycles. The number of piperidine rings is 1. The summed E-state index contributed by atoms with van der Waals surface area (Å²) in [6.45, 7) is 7.23. The van der Waals surface area contributed by atoms with Gasteiger partial charge in [0.1, 0.15) is 5.82 Å². The fraction of sp³-hybridized carbons (Fsp3) is 0.450. The highest BCUT2D eigenvalue weighted by molar-refractivity contribution is 5.82. The molecule has 5 heteroatoms. The lowest BCUT2D eigenvalue weighted by Crippen LogP contribution is -2.46. The minimum atomic E-state index is -0.309. The summed E-state index contributed by atoms with van der Waals surface area (Å²) in [7, 11) is 0. The van der Waals surface area contributed by atoms with Gasteiger partial charge in [-0.25, -0.2) is 9.97 Å². The van der Waals surface area contributed by atoms with Crippen LogP contribution >= 0.6 is 0 Å². The molecule has 0 radical (unpaired) electrons. The molecule has 2 heterocycles. The lowest BCUT2D eigenvalue weighted by atomic mass is 9.79. The molecule has 1 aliphatic rings. The van der Waals surface area contributed by atoms with Crippen molar-refractivity contribution in [2.75, 3.05) is 13.1 Å². The first-order chi connectivity index (χ1) is 12.0. The number of benzene rings is 1. The Bertz CT molecular complexity index is 709. The Morgan fingerprint density at radius 1 is 1.20 bits per heavy atom. The van der Waals surface area contributed by atoms with Crippen molar-refractivity contribution in [3.8, 4) is 0 Å². The molecule has 25 heavy (non-hydrogen) atoms. The SMILES string of the molecule is Cc1ccnc(CNC(=O)C2(C)CCN(Cc3ccccc3)CC2)n1. The predicted molar refractivity (Wildman–Crippen MR) is 97.7 cm³/mol. The summed E-state index contributed by atoms with van der Waals surface area (Å²) in [5.74, 6) is 0.774. The summed E-state index contributed by atoms with van der Waals surface area (Å²) in [5.41, 5.74) is 1.93. The third-order valence-electron chi connectivity index (χ3n) is 5.01. The molecule has 1 amide bonds. The maximum atomic E-state index is 12.7. The second kappa shape index (κ2) is 7.74. The standard InChI is InChI=1S/C20H26N4O/c1-16-8-11-21-18(23-16)14-22-19(25)20(2)9-12-24(13-10-20)15-17-6-4-3-5-7-17/h3-8,11H,9-10,12-15H2,1-2H3,(H,22,25). The van der Waals surface area contributed by atoms with E-state index in [1.807, 2.05) is 19.1 Å². The van der Waals surface area contributed by atoms with E-state index in [-0.39, 0.29) is 11.3 Å². The molecule has 1 N–H and O–H groups in total. The lowest BCUT2D eigenvalue weighted by molar-refractivity contribution is -0.133. The third-order valence-corrected chi connectivity index (χ3v) is 5.01. The quantitative estimate of drug-likeness (QED) is 0.911. The van der Waals surface area contributed by atoms with Crippen molar-refractivity contribution in [1.82, 2.24) is 20.2 Å². The van der Waals surface area contributed by atoms with Crippen molar-refractivity contribution in [3.05, 3.63) is 59.7 Å². The van der Waals surface area contributed by atoms with Crippen LogP contribution in [0.5, 0.6) is 0 Å². The Morgan fingerprint density at radius 3 is 2.60 bits per heavy atom. The highest BCUT2D eigenvalue weighted by Crippen LogP contribution is 2.31. The van der Waals surface area contributed by atoms with Crippen molar-refractivity contribution in [2.45, 2.75) is 39.8 Å². The number of rotatable bonds is 5. The number of aryl methyl sites for hydroxylation is 1. The highest BCUT2D eigenvalue weighted by Gasteiger charge is 2.36. The van der Waals surface area contributed by atoms with E-state index in [9.17, 15) is 4.79 Å². The van der Waals surface area contributed by atoms with E-state index in [2.05, 4.69) is 51.4 Å². The molecule has 2 aromatic rings. The number of nitrogens with zero attached hydrogens (tertiary/aromatic N) is 3. The van der Waals surface area contributed by atoms with Crippen LogP contribution in [0.1, 0.15) is 36.8 Å². The van der Waals surface area contributed by atoms with Gasteiger partial charge in [0, 0.05) is 23.9 Å². The number of nitrogens with one attached hydrogen (secondary N) is 1. The fourth-order valence-electron chi connectivity index (χ4n) is 3.23. The average Bonchev–Trinajstić information content (AvgIpc) is 2.63. The Labute approximate surface area is 149 Å². The molecule has 0 atom stereocenters. The first-order valence-electron chi connectivity index (χ1n) is 8.88. The van der Waals surface area contributed by atoms with E-state index >= 15 is 0 Å². The van der Waals surface area contributed by atoms with Gasteiger partial charge < -0.3 is 5.32 Å². The molecular weight excluding hydrogens is 312 g/mol. The van der Waals surface area contributed by atoms with Crippen LogP contribution in [-0.2, 0) is 17.9 Å². The molecule has 1 fully saturated rings. The van der Waals surface area contributed by atoms with Gasteiger partial charge in [0.25, 0.3) is 0 Å². The normalized spacial score (nSPS) is 17.2. The molecule has 1 saturated heterocycles. The molecule has 132 valence electrons. The van der Waals surface area contributed by atoms with E-state index in [4.69, 9.17) is 0 Å². The zero-order chi connectivity index (χ0) is 17.7. The van der Waals surface area contributed by atoms with Crippen molar-refractivity contribution in [2.24, 2.45) is 5.41 Å². The molecule has 5 nitrogen and oxygen atoms in total. The van der Waals surface area contributed by atoms with Crippen LogP contribution in [0.3, 0.4) is 0 Å². The molecule has 1 aliphatic heterocycles. The first kappa shape index (κ1) is 17.5. The number of amides is 1. The van der Waals surface area contributed by atoms with Crippen LogP contribution in [0.2, 0.25) is 0 Å². The summed E-state index contributed by atoms with van der Waals surface area (Å²) in [6, 6.07) is 12.4. The predicted octanol–water partition coefficient (Wildman–Crippen LogP) is 2.70. The monoisotopic (exact) mass is 338 g/mol. The summed E-state index contributed by atoms with van der Waals surface area (Å²) in [6.07, 6.45) is 3.48. The minimum Gasteiger partial charge on any atom is -0.348 e. The largest absolute Gasteiger partial charge is 0.348 e. The van der Waals surface area contributed by atoms with Gasteiger partial charge in [-0.15, -0.1) is 0 Å². The van der Waals surface area contributed by atoms with Crippen LogP contribution in [0.25, 0.3) is 0 Å². The van der Waals surface area contributed by atoms with Crippen LogP contribution < -0.4 is 5.32 Å². The molecular formula is C20H26N4O. The second-order valence-electron chi connectivity index (χ2n) is 7.12. The topological polar surface area (TPSA) is 58.1 Å². The Morgan fingerprint density at radius 2 is 1.92 bits per heavy atom. The average molecular weight is 338 g/mol. The van der Waals surface area contributed by atoms with Gasteiger partial charge in [0.05, 0.1) is 6.54 Å². The molecule has 1 aromatic heterocycles. The molecule has 0 spiro atoms. The van der Waals surface area contributed by atoms with Gasteiger partial charge in [-0.1, -0.05) is 37.3 Å². The van der Waals surface area contributed by atoms with Crippen LogP contribution in [-0.4, -0.2) is 33.9 Å². The number of carbonyl (C=O) groups is 1. The number of aromatic nitrogens is 2. The first-order valence-corrected chi connectivity index (χ1v) is 8.88. The molecule has 3 rings (SSSR count). The van der Waals surface area contributed by atoms with E-state index in [0.717, 1.165) is 38.2 Å². The van der Waals surface area contributed by atoms with Crippen molar-refractivity contribution in [1.29, 1.82) is 0 Å². The van der Waals surface area contributed by atoms with Crippen molar-refractivity contribution in [3.63, 3.8) is 0 Å². The van der Waals surface area contributed by atoms with E-state index < -0.39 is 0 Å². The maximum Gasteiger partial charge on any atom is 0.226 e. The molecule has 0 unspecified atom stereocenters. The number of likely N-dealkylation sites (tertiary alicyclic amines) is 1. The van der Waals surface area contributed by atoms with Gasteiger partial charge in [-0.2, -0.15) is 0 Å². The van der Waals surface area contributed by atoms with Gasteiger partial charge in [-0.3, -0.25) is 9.69 Å². The van der Waals surface area contributed by atoms with Crippen LogP contribution in [0.4, 0.5) is 0 Å². The van der Waals surface area contributed by atoms with Gasteiger partial charge >= 0.3 is 0 Å². The van der Waals surface area contributed by atoms with Gasteiger partial charge in [-0.05, 0) is 44.5 Å². The second-order valence-corrected chi connectivity index (χ2v) is 7.12. The Balaban J connectivity index is 1.50. The number of carbonyl (C=O) groups excluding carboxylic acids is 1. The summed E-state index contributed by atoms with van der Waals surface area (Å²) in [4.78, 5) is 23.6. The van der Waals surface area contributed by atoms with Crippen LogP contribution in [0, 0.1) is 12.3 Å². The molecule has 0 saturated carbocycles. The van der Waals surface area contributed by atoms with E-state index in [1.165, 1.54) is 5.56 Å².